The number of hydrogen-bond donors (Lipinski definition) is 0. The highest BCUT2D eigenvalue weighted by atomic mass is 16.6. The van der Waals surface area contributed by atoms with E-state index in [1.807, 2.05) is 60.7 Å². The molecule has 58 heavy (non-hydrogen) atoms. The average molecular weight is 788 g/mol. The summed E-state index contributed by atoms with van der Waals surface area (Å²) in [6, 6.07) is 31.7. The second-order valence-corrected chi connectivity index (χ2v) is 12.7. The molecule has 0 N–H and O–H groups in total. The summed E-state index contributed by atoms with van der Waals surface area (Å²) in [6.45, 7) is 11.4. The van der Waals surface area contributed by atoms with Crippen molar-refractivity contribution >= 4 is 23.4 Å². The zero-order valence-electron chi connectivity index (χ0n) is 32.9. The number of ether oxygens (including phenoxy) is 8. The number of carbonyl (C=O) groups is 3. The molecule has 0 radical (unpaired) electrons. The van der Waals surface area contributed by atoms with E-state index in [0.29, 0.717) is 39.8 Å². The molecule has 0 aliphatic heterocycles. The molecule has 0 heterocycles. The van der Waals surface area contributed by atoms with Crippen molar-refractivity contribution in [3.63, 3.8) is 0 Å². The van der Waals surface area contributed by atoms with Gasteiger partial charge < -0.3 is 37.9 Å². The molecule has 0 saturated carbocycles. The molecule has 5 aromatic rings. The first kappa shape index (κ1) is 42.5. The van der Waals surface area contributed by atoms with E-state index >= 15 is 0 Å². The van der Waals surface area contributed by atoms with Crippen LogP contribution in [0.2, 0.25) is 0 Å². The minimum Gasteiger partial charge on any atom is -0.496 e. The van der Waals surface area contributed by atoms with Gasteiger partial charge in [-0.15, -0.1) is 0 Å². The number of rotatable bonds is 21. The molecule has 0 aromatic heterocycles. The molecule has 12 heteroatoms. The Hall–Kier alpha value is -6.68. The molecule has 5 rings (SSSR count). The summed E-state index contributed by atoms with van der Waals surface area (Å²) in [5.74, 6) is 1.15. The highest BCUT2D eigenvalue weighted by molar-refractivity contribution is 6.09. The van der Waals surface area contributed by atoms with Gasteiger partial charge in [0.05, 0.1) is 47.2 Å². The Bertz CT molecular complexity index is 2210. The summed E-state index contributed by atoms with van der Waals surface area (Å²) in [5, 5.41) is 0. The molecule has 0 saturated heterocycles. The van der Waals surface area contributed by atoms with Crippen molar-refractivity contribution in [2.24, 2.45) is 0 Å². The highest BCUT2D eigenvalue weighted by Gasteiger charge is 2.16. The van der Waals surface area contributed by atoms with Gasteiger partial charge in [-0.25, -0.2) is 4.85 Å². The Balaban J connectivity index is 1.28. The van der Waals surface area contributed by atoms with Crippen LogP contribution >= 0.6 is 0 Å². The predicted molar refractivity (Wildman–Crippen MR) is 218 cm³/mol. The molecule has 0 aliphatic rings. The van der Waals surface area contributed by atoms with E-state index in [0.717, 1.165) is 33.4 Å². The van der Waals surface area contributed by atoms with Crippen molar-refractivity contribution in [3.8, 4) is 56.4 Å². The zero-order chi connectivity index (χ0) is 41.3. The van der Waals surface area contributed by atoms with Gasteiger partial charge in [-0.1, -0.05) is 72.8 Å². The third-order valence-corrected chi connectivity index (χ3v) is 8.74. The van der Waals surface area contributed by atoms with E-state index in [1.165, 1.54) is 13.8 Å². The molecule has 0 fully saturated rings. The van der Waals surface area contributed by atoms with Crippen LogP contribution in [0.4, 0.5) is 5.69 Å². The van der Waals surface area contributed by atoms with E-state index in [9.17, 15) is 14.4 Å². The van der Waals surface area contributed by atoms with Gasteiger partial charge in [0.2, 0.25) is 0 Å². The van der Waals surface area contributed by atoms with Crippen molar-refractivity contribution in [2.45, 2.75) is 13.8 Å². The minimum absolute atomic E-state index is 0.134. The molecule has 0 unspecified atom stereocenters. The minimum atomic E-state index is -0.384. The summed E-state index contributed by atoms with van der Waals surface area (Å²) < 4.78 is 44.1. The first-order valence-electron chi connectivity index (χ1n) is 18.5. The Labute approximate surface area is 337 Å². The molecule has 0 bridgehead atoms. The second kappa shape index (κ2) is 21.6. The van der Waals surface area contributed by atoms with E-state index in [1.54, 1.807) is 56.7 Å². The molecule has 0 spiro atoms. The number of carbonyl (C=O) groups excluding carboxylic acids is 3. The predicted octanol–water partition coefficient (Wildman–Crippen LogP) is 8.40. The van der Waals surface area contributed by atoms with Crippen LogP contribution < -0.4 is 18.9 Å². The second-order valence-electron chi connectivity index (χ2n) is 12.7. The fourth-order valence-electron chi connectivity index (χ4n) is 5.90. The maximum absolute atomic E-state index is 13.7. The monoisotopic (exact) mass is 787 g/mol. The smallest absolute Gasteiger partial charge is 0.302 e. The van der Waals surface area contributed by atoms with Crippen molar-refractivity contribution in [1.29, 1.82) is 0 Å². The van der Waals surface area contributed by atoms with E-state index in [4.69, 9.17) is 44.5 Å². The quantitative estimate of drug-likeness (QED) is 0.0308. The molecule has 0 atom stereocenters. The first-order valence-corrected chi connectivity index (χ1v) is 18.5. The Kier molecular flexibility index (Phi) is 15.8. The topological polar surface area (TPSA) is 129 Å². The van der Waals surface area contributed by atoms with Gasteiger partial charge in [-0.05, 0) is 52.6 Å². The molecule has 0 amide bonds. The van der Waals surface area contributed by atoms with Gasteiger partial charge >= 0.3 is 11.9 Å². The van der Waals surface area contributed by atoms with Crippen LogP contribution in [0.3, 0.4) is 0 Å². The van der Waals surface area contributed by atoms with Crippen LogP contribution in [0, 0.1) is 6.57 Å². The number of nitrogens with zero attached hydrogens (tertiary/aromatic N) is 1. The molecule has 300 valence electrons. The lowest BCUT2D eigenvalue weighted by Crippen LogP contribution is -2.14. The van der Waals surface area contributed by atoms with E-state index < -0.39 is 0 Å². The lowest BCUT2D eigenvalue weighted by atomic mass is 9.95. The fourth-order valence-corrected chi connectivity index (χ4v) is 5.90. The Morgan fingerprint density at radius 1 is 0.483 bits per heavy atom. The van der Waals surface area contributed by atoms with E-state index in [-0.39, 0.29) is 70.6 Å². The van der Waals surface area contributed by atoms with Crippen LogP contribution in [-0.4, -0.2) is 84.8 Å². The average Bonchev–Trinajstić information content (AvgIpc) is 3.25. The number of hydrogen-bond acceptors (Lipinski definition) is 11. The molecular formula is C46H45NO11. The summed E-state index contributed by atoms with van der Waals surface area (Å²) in [5.41, 5.74) is 6.93. The summed E-state index contributed by atoms with van der Waals surface area (Å²) >= 11 is 0. The van der Waals surface area contributed by atoms with E-state index in [2.05, 4.69) is 4.85 Å². The molecule has 5 aromatic carbocycles. The number of benzene rings is 5. The fraction of sp³-hybridized carbons (Fsp3) is 0.261. The standard InChI is InChI=1S/C46H45NO11/c1-31(48)55-24-20-53-22-26-57-42-19-14-38(30-45(42)58-27-23-54-21-25-56-32(2)49)46(50)35-8-6-33(7-9-35)40-17-12-36(28-43(40)51-4)37-13-18-41(44(29-37)52-5)34-10-15-39(47-3)16-11-34/h6-19,28-30H,20-27H2,1-2,4-5H3. The lowest BCUT2D eigenvalue weighted by molar-refractivity contribution is -0.143. The third-order valence-electron chi connectivity index (χ3n) is 8.74. The first-order chi connectivity index (χ1) is 28.2. The maximum atomic E-state index is 13.7. The Morgan fingerprint density at radius 2 is 0.931 bits per heavy atom. The zero-order valence-corrected chi connectivity index (χ0v) is 32.9. The summed E-state index contributed by atoms with van der Waals surface area (Å²) in [7, 11) is 3.26. The lowest BCUT2D eigenvalue weighted by Gasteiger charge is -2.15. The van der Waals surface area contributed by atoms with Gasteiger partial charge in [-0.2, -0.15) is 0 Å². The van der Waals surface area contributed by atoms with Gasteiger partial charge in [0.25, 0.3) is 0 Å². The molecular weight excluding hydrogens is 743 g/mol. The normalized spacial score (nSPS) is 10.6. The van der Waals surface area contributed by atoms with Gasteiger partial charge in [-0.3, -0.25) is 14.4 Å². The van der Waals surface area contributed by atoms with Crippen LogP contribution in [-0.2, 0) is 28.5 Å². The van der Waals surface area contributed by atoms with Crippen LogP contribution in [0.15, 0.2) is 103 Å². The Morgan fingerprint density at radius 3 is 1.41 bits per heavy atom. The van der Waals surface area contributed by atoms with Crippen molar-refractivity contribution in [3.05, 3.63) is 126 Å². The molecule has 0 aliphatic carbocycles. The van der Waals surface area contributed by atoms with Gasteiger partial charge in [0.1, 0.15) is 37.9 Å². The summed E-state index contributed by atoms with van der Waals surface area (Å²) in [4.78, 5) is 39.1. The van der Waals surface area contributed by atoms with Crippen molar-refractivity contribution in [2.75, 3.05) is 67.1 Å². The highest BCUT2D eigenvalue weighted by Crippen LogP contribution is 2.39. The SMILES string of the molecule is [C-]#[N+]c1ccc(-c2ccc(-c3ccc(-c4ccc(C(=O)c5ccc(OCCOCCOC(C)=O)c(OCCOCCOC(C)=O)c5)cc4)c(OC)c3)cc2OC)cc1. The number of methoxy groups -OCH3 is 2. The van der Waals surface area contributed by atoms with Crippen LogP contribution in [0.1, 0.15) is 29.8 Å². The van der Waals surface area contributed by atoms with Crippen LogP contribution in [0.25, 0.3) is 38.2 Å². The number of esters is 2. The van der Waals surface area contributed by atoms with Crippen LogP contribution in [0.5, 0.6) is 23.0 Å². The van der Waals surface area contributed by atoms with Crippen molar-refractivity contribution in [1.82, 2.24) is 0 Å². The largest absolute Gasteiger partial charge is 0.496 e. The van der Waals surface area contributed by atoms with Gasteiger partial charge in [0.15, 0.2) is 23.0 Å². The molecule has 12 nitrogen and oxygen atoms in total. The third kappa shape index (κ3) is 11.9. The van der Waals surface area contributed by atoms with Gasteiger partial charge in [0, 0.05) is 36.1 Å². The van der Waals surface area contributed by atoms with Crippen molar-refractivity contribution < 1.29 is 52.3 Å². The summed E-state index contributed by atoms with van der Waals surface area (Å²) in [6.07, 6.45) is 0. The maximum Gasteiger partial charge on any atom is 0.302 e. The number of ketones is 1.